The number of hydrogen-bond acceptors (Lipinski definition) is 3. The van der Waals surface area contributed by atoms with Gasteiger partial charge in [-0.1, -0.05) is 18.2 Å². The summed E-state index contributed by atoms with van der Waals surface area (Å²) in [5.41, 5.74) is 6.93. The van der Waals surface area contributed by atoms with E-state index in [-0.39, 0.29) is 5.82 Å². The molecule has 2 nitrogen and oxygen atoms in total. The molecule has 0 saturated carbocycles. The SMILES string of the molecule is CSc1ccccc1OCc1ccc(F)cc1N. The lowest BCUT2D eigenvalue weighted by Crippen LogP contribution is -2.01. The number of thioether (sulfide) groups is 1. The Kier molecular flexibility index (Phi) is 4.10. The van der Waals surface area contributed by atoms with E-state index >= 15 is 0 Å². The van der Waals surface area contributed by atoms with Crippen LogP contribution in [0.2, 0.25) is 0 Å². The second-order valence-electron chi connectivity index (χ2n) is 3.78. The fourth-order valence-corrected chi connectivity index (χ4v) is 2.13. The van der Waals surface area contributed by atoms with Crippen molar-refractivity contribution in [2.24, 2.45) is 0 Å². The van der Waals surface area contributed by atoms with Crippen LogP contribution in [0.1, 0.15) is 5.56 Å². The topological polar surface area (TPSA) is 35.2 Å². The second kappa shape index (κ2) is 5.78. The minimum atomic E-state index is -0.333. The van der Waals surface area contributed by atoms with Gasteiger partial charge in [-0.2, -0.15) is 0 Å². The summed E-state index contributed by atoms with van der Waals surface area (Å²) in [6, 6.07) is 12.1. The van der Waals surface area contributed by atoms with Crippen molar-refractivity contribution in [2.45, 2.75) is 11.5 Å². The standard InChI is InChI=1S/C14H14FNOS/c1-18-14-5-3-2-4-13(14)17-9-10-6-7-11(15)8-12(10)16/h2-8H,9,16H2,1H3. The molecular weight excluding hydrogens is 249 g/mol. The predicted molar refractivity (Wildman–Crippen MR) is 73.4 cm³/mol. The number of halogens is 1. The molecule has 0 atom stereocenters. The summed E-state index contributed by atoms with van der Waals surface area (Å²) in [5.74, 6) is 0.481. The number of nitrogen functional groups attached to an aromatic ring is 1. The van der Waals surface area contributed by atoms with Crippen molar-refractivity contribution in [3.05, 3.63) is 53.8 Å². The summed E-state index contributed by atoms with van der Waals surface area (Å²) in [5, 5.41) is 0. The minimum absolute atomic E-state index is 0.333. The molecule has 2 rings (SSSR count). The van der Waals surface area contributed by atoms with Gasteiger partial charge in [0.2, 0.25) is 0 Å². The Morgan fingerprint density at radius 3 is 2.72 bits per heavy atom. The summed E-state index contributed by atoms with van der Waals surface area (Å²) in [4.78, 5) is 1.07. The highest BCUT2D eigenvalue weighted by Gasteiger charge is 2.05. The Bertz CT molecular complexity index is 545. The van der Waals surface area contributed by atoms with E-state index in [9.17, 15) is 4.39 Å². The highest BCUT2D eigenvalue weighted by Crippen LogP contribution is 2.28. The van der Waals surface area contributed by atoms with Gasteiger partial charge in [0.25, 0.3) is 0 Å². The molecule has 0 aliphatic heterocycles. The summed E-state index contributed by atoms with van der Waals surface area (Å²) >= 11 is 1.62. The van der Waals surface area contributed by atoms with Crippen molar-refractivity contribution in [1.82, 2.24) is 0 Å². The van der Waals surface area contributed by atoms with E-state index in [1.807, 2.05) is 30.5 Å². The van der Waals surface area contributed by atoms with Gasteiger partial charge in [-0.25, -0.2) is 4.39 Å². The molecule has 0 saturated heterocycles. The number of hydrogen-bond donors (Lipinski definition) is 1. The third-order valence-corrected chi connectivity index (χ3v) is 3.34. The average molecular weight is 263 g/mol. The van der Waals surface area contributed by atoms with Crippen LogP contribution in [0.15, 0.2) is 47.4 Å². The van der Waals surface area contributed by atoms with Crippen molar-refractivity contribution in [3.8, 4) is 5.75 Å². The Balaban J connectivity index is 2.11. The van der Waals surface area contributed by atoms with Crippen LogP contribution in [0.4, 0.5) is 10.1 Å². The molecule has 0 aliphatic rings. The van der Waals surface area contributed by atoms with E-state index in [4.69, 9.17) is 10.5 Å². The fourth-order valence-electron chi connectivity index (χ4n) is 1.59. The van der Waals surface area contributed by atoms with Crippen LogP contribution in [-0.2, 0) is 6.61 Å². The zero-order valence-electron chi connectivity index (χ0n) is 10.0. The maximum absolute atomic E-state index is 12.9. The van der Waals surface area contributed by atoms with E-state index in [2.05, 4.69) is 0 Å². The van der Waals surface area contributed by atoms with Crippen LogP contribution >= 0.6 is 11.8 Å². The van der Waals surface area contributed by atoms with Gasteiger partial charge in [0, 0.05) is 16.1 Å². The van der Waals surface area contributed by atoms with E-state index in [1.54, 1.807) is 17.8 Å². The minimum Gasteiger partial charge on any atom is -0.488 e. The zero-order valence-corrected chi connectivity index (χ0v) is 10.8. The van der Waals surface area contributed by atoms with Crippen molar-refractivity contribution < 1.29 is 9.13 Å². The lowest BCUT2D eigenvalue weighted by molar-refractivity contribution is 0.299. The largest absolute Gasteiger partial charge is 0.488 e. The second-order valence-corrected chi connectivity index (χ2v) is 4.63. The molecule has 4 heteroatoms. The first-order valence-corrected chi connectivity index (χ1v) is 6.73. The highest BCUT2D eigenvalue weighted by atomic mass is 32.2. The van der Waals surface area contributed by atoms with Gasteiger partial charge in [-0.15, -0.1) is 11.8 Å². The van der Waals surface area contributed by atoms with Gasteiger partial charge in [0.05, 0.1) is 0 Å². The van der Waals surface area contributed by atoms with E-state index in [0.29, 0.717) is 12.3 Å². The Morgan fingerprint density at radius 2 is 2.00 bits per heavy atom. The Morgan fingerprint density at radius 1 is 1.22 bits per heavy atom. The Labute approximate surface area is 110 Å². The van der Waals surface area contributed by atoms with Gasteiger partial charge >= 0.3 is 0 Å². The van der Waals surface area contributed by atoms with Crippen LogP contribution in [0, 0.1) is 5.82 Å². The third-order valence-electron chi connectivity index (χ3n) is 2.56. The van der Waals surface area contributed by atoms with Crippen LogP contribution in [0.3, 0.4) is 0 Å². The molecule has 2 aromatic carbocycles. The van der Waals surface area contributed by atoms with Gasteiger partial charge in [0.1, 0.15) is 18.2 Å². The molecule has 94 valence electrons. The first kappa shape index (κ1) is 12.8. The molecule has 18 heavy (non-hydrogen) atoms. The molecule has 0 aromatic heterocycles. The van der Waals surface area contributed by atoms with Gasteiger partial charge in [0.15, 0.2) is 0 Å². The lowest BCUT2D eigenvalue weighted by Gasteiger charge is -2.11. The first-order valence-electron chi connectivity index (χ1n) is 5.50. The number of nitrogens with two attached hydrogens (primary N) is 1. The molecule has 2 N–H and O–H groups in total. The number of rotatable bonds is 4. The molecule has 0 radical (unpaired) electrons. The Hall–Kier alpha value is -1.68. The van der Waals surface area contributed by atoms with Crippen molar-refractivity contribution in [3.63, 3.8) is 0 Å². The summed E-state index contributed by atoms with van der Waals surface area (Å²) in [6.07, 6.45) is 1.99. The van der Waals surface area contributed by atoms with E-state index in [1.165, 1.54) is 12.1 Å². The molecule has 0 fully saturated rings. The quantitative estimate of drug-likeness (QED) is 0.674. The monoisotopic (exact) mass is 263 g/mol. The van der Waals surface area contributed by atoms with Crippen LogP contribution in [0.5, 0.6) is 5.75 Å². The first-order chi connectivity index (χ1) is 8.70. The molecule has 0 unspecified atom stereocenters. The van der Waals surface area contributed by atoms with Gasteiger partial charge in [-0.05, 0) is 30.5 Å². The van der Waals surface area contributed by atoms with Crippen molar-refractivity contribution >= 4 is 17.4 Å². The maximum Gasteiger partial charge on any atom is 0.133 e. The van der Waals surface area contributed by atoms with Crippen molar-refractivity contribution in [2.75, 3.05) is 12.0 Å². The molecule has 0 heterocycles. The summed E-state index contributed by atoms with van der Waals surface area (Å²) in [7, 11) is 0. The number of anilines is 1. The van der Waals surface area contributed by atoms with E-state index < -0.39 is 0 Å². The van der Waals surface area contributed by atoms with Crippen LogP contribution in [-0.4, -0.2) is 6.26 Å². The molecular formula is C14H14FNOS. The van der Waals surface area contributed by atoms with Crippen LogP contribution < -0.4 is 10.5 Å². The summed E-state index contributed by atoms with van der Waals surface area (Å²) in [6.45, 7) is 0.337. The molecule has 0 spiro atoms. The number of para-hydroxylation sites is 1. The maximum atomic E-state index is 12.9. The van der Waals surface area contributed by atoms with Crippen molar-refractivity contribution in [1.29, 1.82) is 0 Å². The zero-order chi connectivity index (χ0) is 13.0. The fraction of sp³-hybridized carbons (Fsp3) is 0.143. The number of benzene rings is 2. The summed E-state index contributed by atoms with van der Waals surface area (Å²) < 4.78 is 18.6. The molecule has 0 amide bonds. The third kappa shape index (κ3) is 2.96. The van der Waals surface area contributed by atoms with Gasteiger partial charge in [-0.3, -0.25) is 0 Å². The average Bonchev–Trinajstić information content (AvgIpc) is 2.38. The predicted octanol–water partition coefficient (Wildman–Crippen LogP) is 3.71. The van der Waals surface area contributed by atoms with E-state index in [0.717, 1.165) is 16.2 Å². The normalized spacial score (nSPS) is 10.3. The molecule has 0 bridgehead atoms. The number of ether oxygens (including phenoxy) is 1. The highest BCUT2D eigenvalue weighted by molar-refractivity contribution is 7.98. The molecule has 2 aromatic rings. The van der Waals surface area contributed by atoms with Gasteiger partial charge < -0.3 is 10.5 Å². The smallest absolute Gasteiger partial charge is 0.133 e. The molecule has 0 aliphatic carbocycles. The lowest BCUT2D eigenvalue weighted by atomic mass is 10.2. The van der Waals surface area contributed by atoms with Crippen LogP contribution in [0.25, 0.3) is 0 Å².